The van der Waals surface area contributed by atoms with Crippen molar-refractivity contribution in [3.63, 3.8) is 0 Å². The smallest absolute Gasteiger partial charge is 0.271 e. The minimum Gasteiger partial charge on any atom is -0.508 e. The lowest BCUT2D eigenvalue weighted by Gasteiger charge is -2.07. The Morgan fingerprint density at radius 2 is 1.73 bits per heavy atom. The molecule has 0 radical (unpaired) electrons. The van der Waals surface area contributed by atoms with Crippen LogP contribution < -0.4 is 15.5 Å². The summed E-state index contributed by atoms with van der Waals surface area (Å²) in [6.45, 7) is 2.06. The number of amides is 2. The molecule has 0 saturated carbocycles. The molecule has 7 nitrogen and oxygen atoms in total. The number of hydrogen-bond acceptors (Lipinski definition) is 5. The van der Waals surface area contributed by atoms with Gasteiger partial charge in [0.05, 0.1) is 13.5 Å². The molecule has 0 heterocycles. The molecular formula is C19H21N3O4. The first-order chi connectivity index (χ1) is 12.5. The van der Waals surface area contributed by atoms with Gasteiger partial charge in [-0.05, 0) is 48.9 Å². The second-order valence-electron chi connectivity index (χ2n) is 5.64. The maximum Gasteiger partial charge on any atom is 0.271 e. The number of benzene rings is 2. The SMILES string of the molecule is COc1ccc(CNC(=O)C/C(C)=N/NC(=O)c2ccc(O)cc2)cc1. The lowest BCUT2D eigenvalue weighted by Crippen LogP contribution is -2.26. The third kappa shape index (κ3) is 5.94. The van der Waals surface area contributed by atoms with Crippen LogP contribution in [-0.4, -0.2) is 29.7 Å². The molecule has 0 spiro atoms. The number of hydrazone groups is 1. The van der Waals surface area contributed by atoms with Crippen LogP contribution in [-0.2, 0) is 11.3 Å². The highest BCUT2D eigenvalue weighted by molar-refractivity contribution is 6.01. The molecule has 0 fully saturated rings. The summed E-state index contributed by atoms with van der Waals surface area (Å²) >= 11 is 0. The van der Waals surface area contributed by atoms with Crippen molar-refractivity contribution in [3.8, 4) is 11.5 Å². The number of hydrogen-bond donors (Lipinski definition) is 3. The summed E-state index contributed by atoms with van der Waals surface area (Å²) in [6, 6.07) is 13.2. The fourth-order valence-electron chi connectivity index (χ4n) is 2.10. The van der Waals surface area contributed by atoms with Crippen LogP contribution in [0.15, 0.2) is 53.6 Å². The molecule has 0 aliphatic rings. The predicted octanol–water partition coefficient (Wildman–Crippen LogP) is 2.21. The average molecular weight is 355 g/mol. The lowest BCUT2D eigenvalue weighted by atomic mass is 10.2. The van der Waals surface area contributed by atoms with E-state index < -0.39 is 5.91 Å². The van der Waals surface area contributed by atoms with E-state index >= 15 is 0 Å². The molecule has 7 heteroatoms. The number of phenolic OH excluding ortho intramolecular Hbond substituents is 1. The van der Waals surface area contributed by atoms with E-state index in [-0.39, 0.29) is 18.1 Å². The standard InChI is InChI=1S/C19H21N3O4/c1-13(21-22-19(25)15-5-7-16(23)8-6-15)11-18(24)20-12-14-3-9-17(26-2)10-4-14/h3-10,23H,11-12H2,1-2H3,(H,20,24)(H,22,25)/b21-13+. The minimum absolute atomic E-state index is 0.0754. The Hall–Kier alpha value is -3.35. The van der Waals surface area contributed by atoms with Crippen molar-refractivity contribution in [2.45, 2.75) is 19.9 Å². The largest absolute Gasteiger partial charge is 0.508 e. The van der Waals surface area contributed by atoms with Crippen molar-refractivity contribution in [3.05, 3.63) is 59.7 Å². The number of carbonyl (C=O) groups excluding carboxylic acids is 2. The second-order valence-corrected chi connectivity index (χ2v) is 5.64. The zero-order valence-corrected chi connectivity index (χ0v) is 14.7. The summed E-state index contributed by atoms with van der Waals surface area (Å²) in [5.41, 5.74) is 4.18. The van der Waals surface area contributed by atoms with Crippen molar-refractivity contribution in [2.24, 2.45) is 5.10 Å². The van der Waals surface area contributed by atoms with Crippen LogP contribution >= 0.6 is 0 Å². The Labute approximate surface area is 151 Å². The Balaban J connectivity index is 1.78. The van der Waals surface area contributed by atoms with Gasteiger partial charge in [-0.3, -0.25) is 9.59 Å². The number of methoxy groups -OCH3 is 1. The number of nitrogens with one attached hydrogen (secondary N) is 2. The lowest BCUT2D eigenvalue weighted by molar-refractivity contribution is -0.120. The van der Waals surface area contributed by atoms with Gasteiger partial charge >= 0.3 is 0 Å². The molecule has 0 saturated heterocycles. The van der Waals surface area contributed by atoms with Crippen molar-refractivity contribution in [1.29, 1.82) is 0 Å². The number of aromatic hydroxyl groups is 1. The van der Waals surface area contributed by atoms with Gasteiger partial charge in [0.25, 0.3) is 5.91 Å². The first-order valence-electron chi connectivity index (χ1n) is 8.00. The highest BCUT2D eigenvalue weighted by atomic mass is 16.5. The monoisotopic (exact) mass is 355 g/mol. The van der Waals surface area contributed by atoms with Crippen LogP contribution in [0, 0.1) is 0 Å². The molecule has 0 aliphatic heterocycles. The first-order valence-corrected chi connectivity index (χ1v) is 8.00. The van der Waals surface area contributed by atoms with Crippen molar-refractivity contribution in [2.75, 3.05) is 7.11 Å². The fourth-order valence-corrected chi connectivity index (χ4v) is 2.10. The fraction of sp³-hybridized carbons (Fsp3) is 0.211. The molecule has 2 aromatic carbocycles. The molecule has 0 atom stereocenters. The Morgan fingerprint density at radius 1 is 1.08 bits per heavy atom. The normalized spacial score (nSPS) is 10.9. The molecule has 0 aliphatic carbocycles. The van der Waals surface area contributed by atoms with Crippen LogP contribution in [0.4, 0.5) is 0 Å². The van der Waals surface area contributed by atoms with Crippen molar-refractivity contribution in [1.82, 2.24) is 10.7 Å². The molecule has 3 N–H and O–H groups in total. The highest BCUT2D eigenvalue weighted by Gasteiger charge is 2.07. The van der Waals surface area contributed by atoms with E-state index in [1.165, 1.54) is 24.3 Å². The van der Waals surface area contributed by atoms with Gasteiger partial charge in [-0.15, -0.1) is 0 Å². The van der Waals surface area contributed by atoms with Gasteiger partial charge in [-0.25, -0.2) is 5.43 Å². The number of ether oxygens (including phenoxy) is 1. The molecular weight excluding hydrogens is 334 g/mol. The van der Waals surface area contributed by atoms with Gasteiger partial charge in [-0.1, -0.05) is 12.1 Å². The van der Waals surface area contributed by atoms with Crippen molar-refractivity contribution < 1.29 is 19.4 Å². The third-order valence-electron chi connectivity index (χ3n) is 3.54. The summed E-state index contributed by atoms with van der Waals surface area (Å²) < 4.78 is 5.08. The van der Waals surface area contributed by atoms with E-state index in [1.54, 1.807) is 14.0 Å². The van der Waals surface area contributed by atoms with Gasteiger partial charge < -0.3 is 15.2 Å². The topological polar surface area (TPSA) is 100 Å². The first kappa shape index (κ1) is 19.0. The van der Waals surface area contributed by atoms with Gasteiger partial charge in [0.1, 0.15) is 11.5 Å². The zero-order chi connectivity index (χ0) is 18.9. The van der Waals surface area contributed by atoms with E-state index in [9.17, 15) is 14.7 Å². The van der Waals surface area contributed by atoms with Gasteiger partial charge in [0, 0.05) is 17.8 Å². The second kappa shape index (κ2) is 9.22. The summed E-state index contributed by atoms with van der Waals surface area (Å²) in [5.74, 6) is 0.228. The Bertz CT molecular complexity index is 783. The van der Waals surface area contributed by atoms with Gasteiger partial charge in [0.2, 0.25) is 5.91 Å². The molecule has 26 heavy (non-hydrogen) atoms. The summed E-state index contributed by atoms with van der Waals surface area (Å²) in [6.07, 6.45) is 0.0754. The van der Waals surface area contributed by atoms with E-state index in [0.717, 1.165) is 11.3 Å². The van der Waals surface area contributed by atoms with Crippen LogP contribution in [0.2, 0.25) is 0 Å². The molecule has 136 valence electrons. The Morgan fingerprint density at radius 3 is 2.35 bits per heavy atom. The molecule has 2 amide bonds. The van der Waals surface area contributed by atoms with Crippen LogP contribution in [0.3, 0.4) is 0 Å². The van der Waals surface area contributed by atoms with Crippen LogP contribution in [0.5, 0.6) is 11.5 Å². The highest BCUT2D eigenvalue weighted by Crippen LogP contribution is 2.11. The molecule has 0 aromatic heterocycles. The van der Waals surface area contributed by atoms with Gasteiger partial charge in [-0.2, -0.15) is 5.10 Å². The third-order valence-corrected chi connectivity index (χ3v) is 3.54. The van der Waals surface area contributed by atoms with E-state index in [2.05, 4.69) is 15.8 Å². The molecule has 2 aromatic rings. The summed E-state index contributed by atoms with van der Waals surface area (Å²) in [7, 11) is 1.60. The Kier molecular flexibility index (Phi) is 6.73. The summed E-state index contributed by atoms with van der Waals surface area (Å²) in [5, 5.41) is 15.9. The molecule has 2 rings (SSSR count). The maximum absolute atomic E-state index is 11.9. The van der Waals surface area contributed by atoms with E-state index in [0.29, 0.717) is 17.8 Å². The van der Waals surface area contributed by atoms with E-state index in [1.807, 2.05) is 24.3 Å². The number of carbonyl (C=O) groups is 2. The van der Waals surface area contributed by atoms with Crippen LogP contribution in [0.1, 0.15) is 29.3 Å². The summed E-state index contributed by atoms with van der Waals surface area (Å²) in [4.78, 5) is 23.8. The van der Waals surface area contributed by atoms with Crippen LogP contribution in [0.25, 0.3) is 0 Å². The van der Waals surface area contributed by atoms with Crippen molar-refractivity contribution >= 4 is 17.5 Å². The molecule has 0 bridgehead atoms. The number of nitrogens with zero attached hydrogens (tertiary/aromatic N) is 1. The average Bonchev–Trinajstić information content (AvgIpc) is 2.65. The maximum atomic E-state index is 11.9. The molecule has 0 unspecified atom stereocenters. The van der Waals surface area contributed by atoms with E-state index in [4.69, 9.17) is 4.74 Å². The van der Waals surface area contributed by atoms with Gasteiger partial charge in [0.15, 0.2) is 0 Å². The number of phenols is 1. The quantitative estimate of drug-likeness (QED) is 0.524. The predicted molar refractivity (Wildman–Crippen MR) is 98.1 cm³/mol. The number of rotatable bonds is 7. The minimum atomic E-state index is -0.414. The zero-order valence-electron chi connectivity index (χ0n) is 14.7.